The van der Waals surface area contributed by atoms with E-state index < -0.39 is 0 Å². The van der Waals surface area contributed by atoms with E-state index in [1.165, 1.54) is 12.7 Å². The van der Waals surface area contributed by atoms with Gasteiger partial charge in [0.2, 0.25) is 0 Å². The van der Waals surface area contributed by atoms with Crippen LogP contribution in [0, 0.1) is 10.1 Å². The Bertz CT molecular complexity index is 541. The third-order valence-corrected chi connectivity index (χ3v) is 4.64. The Hall–Kier alpha value is -1.66. The van der Waals surface area contributed by atoms with Crippen LogP contribution >= 0.6 is 0 Å². The Balaban J connectivity index is 1.83. The van der Waals surface area contributed by atoms with Crippen molar-refractivity contribution in [2.75, 3.05) is 33.4 Å². The van der Waals surface area contributed by atoms with Gasteiger partial charge in [-0.1, -0.05) is 0 Å². The SMILES string of the molecule is COc1cc2c(cc1[N+](=O)[O-])CCC([NH+]1CCOCC1)C2. The molecular formula is C15H21N2O4+. The standard InChI is InChI=1S/C15H20N2O4/c1-20-15-10-12-8-13(16-4-6-21-7-5-16)3-2-11(12)9-14(15)17(18)19/h9-10,13H,2-8H2,1H3/p+1. The Morgan fingerprint density at radius 3 is 2.76 bits per heavy atom. The van der Waals surface area contributed by atoms with Gasteiger partial charge in [0.1, 0.15) is 13.1 Å². The third kappa shape index (κ3) is 2.87. The molecular weight excluding hydrogens is 272 g/mol. The smallest absolute Gasteiger partial charge is 0.311 e. The van der Waals surface area contributed by atoms with Gasteiger partial charge in [0.15, 0.2) is 5.75 Å². The summed E-state index contributed by atoms with van der Waals surface area (Å²) in [6.07, 6.45) is 2.97. The molecule has 6 nitrogen and oxygen atoms in total. The van der Waals surface area contributed by atoms with Crippen molar-refractivity contribution in [1.82, 2.24) is 0 Å². The molecule has 1 fully saturated rings. The molecule has 0 saturated carbocycles. The first-order valence-corrected chi connectivity index (χ1v) is 7.45. The van der Waals surface area contributed by atoms with Crippen LogP contribution < -0.4 is 9.64 Å². The van der Waals surface area contributed by atoms with Crippen molar-refractivity contribution in [2.24, 2.45) is 0 Å². The fourth-order valence-electron chi connectivity index (χ4n) is 3.47. The van der Waals surface area contributed by atoms with Crippen LogP contribution in [0.1, 0.15) is 17.5 Å². The number of quaternary nitrogens is 1. The second-order valence-corrected chi connectivity index (χ2v) is 5.76. The average Bonchev–Trinajstić information content (AvgIpc) is 2.53. The molecule has 1 aromatic rings. The van der Waals surface area contributed by atoms with Crippen LogP contribution in [0.2, 0.25) is 0 Å². The Labute approximate surface area is 123 Å². The summed E-state index contributed by atoms with van der Waals surface area (Å²) in [5.74, 6) is 0.372. The van der Waals surface area contributed by atoms with Crippen molar-refractivity contribution < 1.29 is 19.3 Å². The van der Waals surface area contributed by atoms with Crippen molar-refractivity contribution in [3.8, 4) is 5.75 Å². The molecule has 0 bridgehead atoms. The highest BCUT2D eigenvalue weighted by molar-refractivity contribution is 5.53. The van der Waals surface area contributed by atoms with Crippen LogP contribution in [0.15, 0.2) is 12.1 Å². The van der Waals surface area contributed by atoms with E-state index in [9.17, 15) is 10.1 Å². The van der Waals surface area contributed by atoms with Gasteiger partial charge >= 0.3 is 5.69 Å². The molecule has 0 amide bonds. The van der Waals surface area contributed by atoms with Gasteiger partial charge in [-0.3, -0.25) is 10.1 Å². The normalized spacial score (nSPS) is 22.6. The maximum atomic E-state index is 11.1. The highest BCUT2D eigenvalue weighted by Gasteiger charge is 2.31. The van der Waals surface area contributed by atoms with Gasteiger partial charge < -0.3 is 14.4 Å². The summed E-state index contributed by atoms with van der Waals surface area (Å²) in [6.45, 7) is 3.79. The van der Waals surface area contributed by atoms with Gasteiger partial charge in [0, 0.05) is 18.9 Å². The highest BCUT2D eigenvalue weighted by atomic mass is 16.6. The molecule has 1 N–H and O–H groups in total. The van der Waals surface area contributed by atoms with E-state index in [2.05, 4.69) is 0 Å². The van der Waals surface area contributed by atoms with Gasteiger partial charge in [-0.05, 0) is 23.6 Å². The molecule has 2 aliphatic rings. The first-order valence-electron chi connectivity index (χ1n) is 7.45. The summed E-state index contributed by atoms with van der Waals surface area (Å²) in [7, 11) is 1.49. The predicted octanol–water partition coefficient (Wildman–Crippen LogP) is 0.376. The topological polar surface area (TPSA) is 66.0 Å². The predicted molar refractivity (Wildman–Crippen MR) is 77.0 cm³/mol. The molecule has 1 atom stereocenters. The van der Waals surface area contributed by atoms with Crippen LogP contribution in [0.3, 0.4) is 0 Å². The molecule has 1 aliphatic heterocycles. The first kappa shape index (κ1) is 14.3. The first-order chi connectivity index (χ1) is 10.2. The molecule has 6 heteroatoms. The number of morpholine rings is 1. The van der Waals surface area contributed by atoms with Crippen molar-refractivity contribution in [1.29, 1.82) is 0 Å². The highest BCUT2D eigenvalue weighted by Crippen LogP contribution is 2.33. The number of benzene rings is 1. The zero-order chi connectivity index (χ0) is 14.8. The van der Waals surface area contributed by atoms with Gasteiger partial charge in [0.25, 0.3) is 0 Å². The lowest BCUT2D eigenvalue weighted by Gasteiger charge is -2.34. The second kappa shape index (κ2) is 5.99. The molecule has 0 aromatic heterocycles. The summed E-state index contributed by atoms with van der Waals surface area (Å²) >= 11 is 0. The van der Waals surface area contributed by atoms with E-state index in [-0.39, 0.29) is 10.6 Å². The fourth-order valence-corrected chi connectivity index (χ4v) is 3.47. The molecule has 0 spiro atoms. The van der Waals surface area contributed by atoms with Crippen molar-refractivity contribution in [3.05, 3.63) is 33.4 Å². The molecule has 1 aromatic carbocycles. The lowest BCUT2D eigenvalue weighted by Crippen LogP contribution is -3.18. The number of nitro groups is 1. The molecule has 1 heterocycles. The maximum absolute atomic E-state index is 11.1. The number of fused-ring (bicyclic) bond motifs is 1. The molecule has 1 saturated heterocycles. The summed E-state index contributed by atoms with van der Waals surface area (Å²) in [5, 5.41) is 11.1. The number of nitro benzene ring substituents is 1. The minimum absolute atomic E-state index is 0.0772. The van der Waals surface area contributed by atoms with E-state index in [0.717, 1.165) is 51.1 Å². The third-order valence-electron chi connectivity index (χ3n) is 4.64. The van der Waals surface area contributed by atoms with Gasteiger partial charge in [-0.25, -0.2) is 0 Å². The lowest BCUT2D eigenvalue weighted by atomic mass is 9.86. The number of nitrogens with zero attached hydrogens (tertiary/aromatic N) is 1. The Kier molecular flexibility index (Phi) is 4.07. The van der Waals surface area contributed by atoms with Crippen molar-refractivity contribution in [2.45, 2.75) is 25.3 Å². The van der Waals surface area contributed by atoms with Gasteiger partial charge in [-0.2, -0.15) is 0 Å². The van der Waals surface area contributed by atoms with Crippen LogP contribution in [0.4, 0.5) is 5.69 Å². The molecule has 0 radical (unpaired) electrons. The maximum Gasteiger partial charge on any atom is 0.311 e. The van der Waals surface area contributed by atoms with Crippen LogP contribution in [0.25, 0.3) is 0 Å². The van der Waals surface area contributed by atoms with Gasteiger partial charge in [-0.15, -0.1) is 0 Å². The minimum Gasteiger partial charge on any atom is -0.490 e. The van der Waals surface area contributed by atoms with Crippen LogP contribution in [-0.4, -0.2) is 44.4 Å². The van der Waals surface area contributed by atoms with Crippen LogP contribution in [-0.2, 0) is 17.6 Å². The number of hydrogen-bond donors (Lipinski definition) is 1. The van der Waals surface area contributed by atoms with E-state index in [0.29, 0.717) is 11.8 Å². The number of rotatable bonds is 3. The molecule has 1 unspecified atom stereocenters. The number of ether oxygens (including phenoxy) is 2. The molecule has 114 valence electrons. The molecule has 3 rings (SSSR count). The fraction of sp³-hybridized carbons (Fsp3) is 0.600. The van der Waals surface area contributed by atoms with Crippen LogP contribution in [0.5, 0.6) is 5.75 Å². The van der Waals surface area contributed by atoms with Crippen molar-refractivity contribution in [3.63, 3.8) is 0 Å². The average molecular weight is 293 g/mol. The number of hydrogen-bond acceptors (Lipinski definition) is 4. The lowest BCUT2D eigenvalue weighted by molar-refractivity contribution is -0.933. The summed E-state index contributed by atoms with van der Waals surface area (Å²) < 4.78 is 10.6. The monoisotopic (exact) mass is 293 g/mol. The van der Waals surface area contributed by atoms with E-state index in [1.807, 2.05) is 6.07 Å². The minimum atomic E-state index is -0.363. The number of aryl methyl sites for hydroxylation is 1. The Morgan fingerprint density at radius 2 is 2.10 bits per heavy atom. The Morgan fingerprint density at radius 1 is 1.33 bits per heavy atom. The van der Waals surface area contributed by atoms with Gasteiger partial charge in [0.05, 0.1) is 31.3 Å². The second-order valence-electron chi connectivity index (χ2n) is 5.76. The zero-order valence-electron chi connectivity index (χ0n) is 12.3. The quantitative estimate of drug-likeness (QED) is 0.646. The molecule has 1 aliphatic carbocycles. The van der Waals surface area contributed by atoms with Crippen molar-refractivity contribution >= 4 is 5.69 Å². The summed E-state index contributed by atoms with van der Waals surface area (Å²) in [6, 6.07) is 4.14. The number of nitrogens with one attached hydrogen (secondary N) is 1. The van der Waals surface area contributed by atoms with E-state index >= 15 is 0 Å². The zero-order valence-corrected chi connectivity index (χ0v) is 12.3. The largest absolute Gasteiger partial charge is 0.490 e. The van der Waals surface area contributed by atoms with E-state index in [1.54, 1.807) is 11.0 Å². The summed E-state index contributed by atoms with van der Waals surface area (Å²) in [5.41, 5.74) is 2.38. The van der Waals surface area contributed by atoms with E-state index in [4.69, 9.17) is 9.47 Å². The molecule has 21 heavy (non-hydrogen) atoms. The summed E-state index contributed by atoms with van der Waals surface area (Å²) in [4.78, 5) is 12.3. The number of methoxy groups -OCH3 is 1.